The Balaban J connectivity index is 1.65. The molecule has 9 nitrogen and oxygen atoms in total. The zero-order valence-corrected chi connectivity index (χ0v) is 17.5. The van der Waals surface area contributed by atoms with Gasteiger partial charge < -0.3 is 10.6 Å². The average molecular weight is 421 g/mol. The molecule has 0 saturated carbocycles. The highest BCUT2D eigenvalue weighted by atomic mass is 16.6. The van der Waals surface area contributed by atoms with Gasteiger partial charge >= 0.3 is 0 Å². The summed E-state index contributed by atoms with van der Waals surface area (Å²) in [4.78, 5) is 35.1. The van der Waals surface area contributed by atoms with Gasteiger partial charge in [-0.3, -0.25) is 19.7 Å². The van der Waals surface area contributed by atoms with Crippen molar-refractivity contribution in [3.8, 4) is 5.69 Å². The van der Waals surface area contributed by atoms with Crippen molar-refractivity contribution >= 4 is 23.2 Å². The van der Waals surface area contributed by atoms with Crippen LogP contribution in [0.4, 0.5) is 11.4 Å². The maximum Gasteiger partial charge on any atom is 0.269 e. The van der Waals surface area contributed by atoms with Crippen LogP contribution in [-0.2, 0) is 0 Å². The van der Waals surface area contributed by atoms with Crippen LogP contribution >= 0.6 is 0 Å². The zero-order valence-electron chi connectivity index (χ0n) is 17.5. The Hall–Kier alpha value is -4.01. The van der Waals surface area contributed by atoms with E-state index in [1.54, 1.807) is 36.4 Å². The quantitative estimate of drug-likeness (QED) is 0.442. The average Bonchev–Trinajstić information content (AvgIpc) is 3.24. The molecule has 3 rings (SSSR count). The van der Waals surface area contributed by atoms with Gasteiger partial charge in [0.1, 0.15) is 0 Å². The minimum Gasteiger partial charge on any atom is -0.347 e. The van der Waals surface area contributed by atoms with Gasteiger partial charge in [0.05, 0.1) is 22.4 Å². The van der Waals surface area contributed by atoms with Crippen LogP contribution in [-0.4, -0.2) is 32.1 Å². The van der Waals surface area contributed by atoms with E-state index in [9.17, 15) is 19.7 Å². The van der Waals surface area contributed by atoms with E-state index in [0.717, 1.165) is 6.42 Å². The van der Waals surface area contributed by atoms with E-state index < -0.39 is 4.92 Å². The molecule has 3 aromatic rings. The van der Waals surface area contributed by atoms with Gasteiger partial charge in [0.2, 0.25) is 0 Å². The number of benzene rings is 2. The van der Waals surface area contributed by atoms with Crippen LogP contribution in [0.2, 0.25) is 0 Å². The van der Waals surface area contributed by atoms with Gasteiger partial charge in [0.15, 0.2) is 0 Å². The summed E-state index contributed by atoms with van der Waals surface area (Å²) in [5.41, 5.74) is 1.64. The van der Waals surface area contributed by atoms with Crippen molar-refractivity contribution in [2.75, 3.05) is 5.32 Å². The fourth-order valence-electron chi connectivity index (χ4n) is 2.68. The molecule has 0 atom stereocenters. The molecule has 0 fully saturated rings. The Morgan fingerprint density at radius 3 is 2.26 bits per heavy atom. The Bertz CT molecular complexity index is 1100. The number of amides is 2. The number of hydrogen-bond acceptors (Lipinski definition) is 5. The number of nitro groups is 1. The molecule has 2 aromatic carbocycles. The van der Waals surface area contributed by atoms with Crippen LogP contribution in [0.5, 0.6) is 0 Å². The van der Waals surface area contributed by atoms with Gasteiger partial charge in [-0.2, -0.15) is 5.10 Å². The first-order chi connectivity index (χ1) is 14.7. The molecule has 2 amide bonds. The van der Waals surface area contributed by atoms with E-state index >= 15 is 0 Å². The zero-order chi connectivity index (χ0) is 22.6. The number of non-ortho nitro benzene ring substituents is 1. The van der Waals surface area contributed by atoms with Crippen molar-refractivity contribution in [1.82, 2.24) is 15.1 Å². The summed E-state index contributed by atoms with van der Waals surface area (Å²) in [5, 5.41) is 20.6. The molecule has 1 heterocycles. The maximum atomic E-state index is 12.5. The molecule has 0 spiro atoms. The monoisotopic (exact) mass is 421 g/mol. The number of hydrogen-bond donors (Lipinski definition) is 2. The van der Waals surface area contributed by atoms with Gasteiger partial charge in [0, 0.05) is 35.1 Å². The van der Waals surface area contributed by atoms with Crippen molar-refractivity contribution in [2.24, 2.45) is 0 Å². The lowest BCUT2D eigenvalue weighted by molar-refractivity contribution is -0.384. The fourth-order valence-corrected chi connectivity index (χ4v) is 2.68. The van der Waals surface area contributed by atoms with E-state index in [0.29, 0.717) is 22.5 Å². The van der Waals surface area contributed by atoms with Gasteiger partial charge in [-0.25, -0.2) is 4.68 Å². The molecule has 0 aliphatic heterocycles. The van der Waals surface area contributed by atoms with Gasteiger partial charge in [-0.1, -0.05) is 6.92 Å². The third-order valence-electron chi connectivity index (χ3n) is 4.91. The summed E-state index contributed by atoms with van der Waals surface area (Å²) >= 11 is 0. The second-order valence-electron chi connectivity index (χ2n) is 7.67. The number of nitrogens with zero attached hydrogens (tertiary/aromatic N) is 3. The fraction of sp³-hybridized carbons (Fsp3) is 0.227. The Morgan fingerprint density at radius 1 is 1.03 bits per heavy atom. The third kappa shape index (κ3) is 5.33. The van der Waals surface area contributed by atoms with Crippen molar-refractivity contribution < 1.29 is 14.5 Å². The lowest BCUT2D eigenvalue weighted by Gasteiger charge is -2.24. The molecule has 160 valence electrons. The van der Waals surface area contributed by atoms with E-state index in [-0.39, 0.29) is 23.0 Å². The molecule has 9 heteroatoms. The van der Waals surface area contributed by atoms with Crippen LogP contribution in [0.25, 0.3) is 5.69 Å². The Kier molecular flexibility index (Phi) is 6.15. The first-order valence-electron chi connectivity index (χ1n) is 9.72. The summed E-state index contributed by atoms with van der Waals surface area (Å²) in [6, 6.07) is 12.5. The van der Waals surface area contributed by atoms with Crippen LogP contribution < -0.4 is 10.6 Å². The Morgan fingerprint density at radius 2 is 1.68 bits per heavy atom. The summed E-state index contributed by atoms with van der Waals surface area (Å²) in [7, 11) is 0. The molecule has 0 unspecified atom stereocenters. The molecule has 1 aromatic heterocycles. The lowest BCUT2D eigenvalue weighted by atomic mass is 10.0. The van der Waals surface area contributed by atoms with Crippen molar-refractivity contribution in [3.63, 3.8) is 0 Å². The van der Waals surface area contributed by atoms with Gasteiger partial charge in [-0.05, 0) is 56.7 Å². The highest BCUT2D eigenvalue weighted by Crippen LogP contribution is 2.17. The smallest absolute Gasteiger partial charge is 0.269 e. The largest absolute Gasteiger partial charge is 0.347 e. The van der Waals surface area contributed by atoms with Crippen LogP contribution in [0.1, 0.15) is 47.9 Å². The standard InChI is InChI=1S/C22H23N5O4/c1-4-22(2,3)25-21(29)15-5-7-17(8-6-15)24-20(28)16-13-23-26(14-16)18-9-11-19(12-10-18)27(30)31/h5-14H,4H2,1-3H3,(H,24,28)(H,25,29). The molecule has 0 radical (unpaired) electrons. The highest BCUT2D eigenvalue weighted by Gasteiger charge is 2.19. The van der Waals surface area contributed by atoms with Crippen LogP contribution in [0.15, 0.2) is 60.9 Å². The lowest BCUT2D eigenvalue weighted by Crippen LogP contribution is -2.42. The van der Waals surface area contributed by atoms with E-state index in [1.165, 1.54) is 29.2 Å². The first kappa shape index (κ1) is 21.7. The molecular weight excluding hydrogens is 398 g/mol. The number of carbonyl (C=O) groups is 2. The number of carbonyl (C=O) groups excluding carboxylic acids is 2. The normalized spacial score (nSPS) is 11.1. The maximum absolute atomic E-state index is 12.5. The second-order valence-corrected chi connectivity index (χ2v) is 7.67. The molecule has 0 aliphatic rings. The van der Waals surface area contributed by atoms with E-state index in [4.69, 9.17) is 0 Å². The predicted octanol–water partition coefficient (Wildman–Crippen LogP) is 3.95. The minimum absolute atomic E-state index is 0.0238. The number of nitro benzene ring substituents is 1. The number of anilines is 1. The SMILES string of the molecule is CCC(C)(C)NC(=O)c1ccc(NC(=O)c2cnn(-c3ccc([N+](=O)[O-])cc3)c2)cc1. The van der Waals surface area contributed by atoms with Gasteiger partial charge in [0.25, 0.3) is 17.5 Å². The predicted molar refractivity (Wildman–Crippen MR) is 116 cm³/mol. The summed E-state index contributed by atoms with van der Waals surface area (Å²) in [5.74, 6) is -0.536. The van der Waals surface area contributed by atoms with Crippen LogP contribution in [0, 0.1) is 10.1 Å². The summed E-state index contributed by atoms with van der Waals surface area (Å²) in [6.45, 7) is 5.91. The first-order valence-corrected chi connectivity index (χ1v) is 9.72. The Labute approximate surface area is 179 Å². The molecule has 0 saturated heterocycles. The summed E-state index contributed by atoms with van der Waals surface area (Å²) < 4.78 is 1.46. The summed E-state index contributed by atoms with van der Waals surface area (Å²) in [6.07, 6.45) is 3.75. The molecule has 2 N–H and O–H groups in total. The number of nitrogens with one attached hydrogen (secondary N) is 2. The molecule has 31 heavy (non-hydrogen) atoms. The third-order valence-corrected chi connectivity index (χ3v) is 4.91. The van der Waals surface area contributed by atoms with Crippen molar-refractivity contribution in [2.45, 2.75) is 32.7 Å². The van der Waals surface area contributed by atoms with E-state index in [1.807, 2.05) is 20.8 Å². The molecular formula is C22H23N5O4. The molecule has 0 bridgehead atoms. The number of rotatable bonds is 7. The van der Waals surface area contributed by atoms with Crippen LogP contribution in [0.3, 0.4) is 0 Å². The molecule has 0 aliphatic carbocycles. The van der Waals surface area contributed by atoms with Crippen molar-refractivity contribution in [3.05, 3.63) is 82.2 Å². The number of aromatic nitrogens is 2. The minimum atomic E-state index is -0.481. The topological polar surface area (TPSA) is 119 Å². The van der Waals surface area contributed by atoms with E-state index in [2.05, 4.69) is 15.7 Å². The van der Waals surface area contributed by atoms with Gasteiger partial charge in [-0.15, -0.1) is 0 Å². The second kappa shape index (κ2) is 8.78. The van der Waals surface area contributed by atoms with Crippen molar-refractivity contribution in [1.29, 1.82) is 0 Å². The highest BCUT2D eigenvalue weighted by molar-refractivity contribution is 6.04.